The average Bonchev–Trinajstić information content (AvgIpc) is 2.95. The van der Waals surface area contributed by atoms with Crippen molar-refractivity contribution in [2.75, 3.05) is 46.4 Å². The average molecular weight is 338 g/mol. The van der Waals surface area contributed by atoms with E-state index in [9.17, 15) is 9.90 Å². The molecule has 0 saturated carbocycles. The summed E-state index contributed by atoms with van der Waals surface area (Å²) in [5.41, 5.74) is 0.760. The van der Waals surface area contributed by atoms with E-state index in [1.165, 1.54) is 0 Å². The standard InChI is InChI=1S/C16H26N4O2S/c1-13-17-14(12-23-13)11-19-5-3-16(4-6-19)15(22)20(9-10-21)8-7-18(16)2/h12,21H,3-11H2,1-2H3. The third-order valence-corrected chi connectivity index (χ3v) is 6.05. The van der Waals surface area contributed by atoms with Gasteiger partial charge in [0.1, 0.15) is 5.54 Å². The number of nitrogens with zero attached hydrogens (tertiary/aromatic N) is 4. The zero-order valence-electron chi connectivity index (χ0n) is 14.0. The minimum Gasteiger partial charge on any atom is -0.395 e. The SMILES string of the molecule is Cc1nc(CN2CCC3(CC2)C(=O)N(CCO)CCN3C)cs1. The summed E-state index contributed by atoms with van der Waals surface area (Å²) in [5.74, 6) is 0.199. The molecule has 6 nitrogen and oxygen atoms in total. The first-order valence-corrected chi connectivity index (χ1v) is 9.18. The minimum atomic E-state index is -0.373. The molecule has 1 aromatic rings. The first kappa shape index (κ1) is 16.8. The molecule has 2 saturated heterocycles. The number of likely N-dealkylation sites (N-methyl/N-ethyl adjacent to an activating group) is 1. The van der Waals surface area contributed by atoms with E-state index in [-0.39, 0.29) is 18.1 Å². The number of likely N-dealkylation sites (tertiary alicyclic amines) is 1. The number of thiazole rings is 1. The van der Waals surface area contributed by atoms with Crippen LogP contribution in [-0.4, -0.2) is 82.6 Å². The Hall–Kier alpha value is -1.02. The number of aliphatic hydroxyl groups is 1. The van der Waals surface area contributed by atoms with Crippen molar-refractivity contribution < 1.29 is 9.90 Å². The highest BCUT2D eigenvalue weighted by molar-refractivity contribution is 7.09. The Balaban J connectivity index is 1.64. The van der Waals surface area contributed by atoms with E-state index in [4.69, 9.17) is 0 Å². The molecule has 3 rings (SSSR count). The molecule has 2 aliphatic rings. The predicted molar refractivity (Wildman–Crippen MR) is 90.4 cm³/mol. The number of aryl methyl sites for hydroxylation is 1. The number of amides is 1. The van der Waals surface area contributed by atoms with Crippen molar-refractivity contribution in [2.24, 2.45) is 0 Å². The van der Waals surface area contributed by atoms with Gasteiger partial charge in [0.05, 0.1) is 17.3 Å². The molecule has 1 aromatic heterocycles. The second-order valence-electron chi connectivity index (χ2n) is 6.60. The van der Waals surface area contributed by atoms with E-state index in [2.05, 4.69) is 27.2 Å². The molecule has 0 aliphatic carbocycles. The zero-order valence-corrected chi connectivity index (χ0v) is 14.8. The van der Waals surface area contributed by atoms with Crippen LogP contribution in [0.5, 0.6) is 0 Å². The van der Waals surface area contributed by atoms with Gasteiger partial charge >= 0.3 is 0 Å². The zero-order chi connectivity index (χ0) is 16.4. The molecule has 128 valence electrons. The van der Waals surface area contributed by atoms with Gasteiger partial charge in [0.25, 0.3) is 0 Å². The molecule has 0 aromatic carbocycles. The summed E-state index contributed by atoms with van der Waals surface area (Å²) in [4.78, 5) is 23.9. The van der Waals surface area contributed by atoms with E-state index in [0.29, 0.717) is 6.54 Å². The van der Waals surface area contributed by atoms with Gasteiger partial charge in [0.15, 0.2) is 0 Å². The highest BCUT2D eigenvalue weighted by Gasteiger charge is 2.48. The fraction of sp³-hybridized carbons (Fsp3) is 0.750. The van der Waals surface area contributed by atoms with E-state index >= 15 is 0 Å². The Bertz CT molecular complexity index is 554. The highest BCUT2D eigenvalue weighted by atomic mass is 32.1. The normalized spacial score (nSPS) is 22.9. The van der Waals surface area contributed by atoms with E-state index in [0.717, 1.165) is 56.3 Å². The monoisotopic (exact) mass is 338 g/mol. The van der Waals surface area contributed by atoms with Crippen LogP contribution in [-0.2, 0) is 11.3 Å². The van der Waals surface area contributed by atoms with Crippen LogP contribution in [0.25, 0.3) is 0 Å². The Kier molecular flexibility index (Phi) is 5.01. The maximum atomic E-state index is 12.9. The summed E-state index contributed by atoms with van der Waals surface area (Å²) in [5, 5.41) is 12.4. The van der Waals surface area contributed by atoms with E-state index < -0.39 is 0 Å². The molecule has 1 N–H and O–H groups in total. The number of hydrogen-bond donors (Lipinski definition) is 1. The number of piperidine rings is 1. The number of rotatable bonds is 4. The number of β-amino-alcohol motifs (C(OH)–C–C–N with tert-alkyl or cyclic N) is 1. The fourth-order valence-corrected chi connectivity index (χ4v) is 4.37. The van der Waals surface area contributed by atoms with Crippen LogP contribution in [0.3, 0.4) is 0 Å². The van der Waals surface area contributed by atoms with Crippen molar-refractivity contribution in [3.8, 4) is 0 Å². The third kappa shape index (κ3) is 3.28. The molecule has 7 heteroatoms. The maximum absolute atomic E-state index is 12.9. The summed E-state index contributed by atoms with van der Waals surface area (Å²) < 4.78 is 0. The summed E-state index contributed by atoms with van der Waals surface area (Å²) in [6.07, 6.45) is 1.71. The number of carbonyl (C=O) groups excluding carboxylic acids is 1. The molecule has 0 bridgehead atoms. The molecule has 1 amide bonds. The number of piperazine rings is 1. The number of hydrogen-bond acceptors (Lipinski definition) is 6. The van der Waals surface area contributed by atoms with Crippen LogP contribution >= 0.6 is 11.3 Å². The number of aromatic nitrogens is 1. The quantitative estimate of drug-likeness (QED) is 0.869. The van der Waals surface area contributed by atoms with Gasteiger partial charge in [-0.3, -0.25) is 14.6 Å². The molecule has 0 radical (unpaired) electrons. The smallest absolute Gasteiger partial charge is 0.243 e. The van der Waals surface area contributed by atoms with Crippen LogP contribution in [0.1, 0.15) is 23.5 Å². The first-order valence-electron chi connectivity index (χ1n) is 8.30. The minimum absolute atomic E-state index is 0.0425. The van der Waals surface area contributed by atoms with Crippen molar-refractivity contribution >= 4 is 17.2 Å². The van der Waals surface area contributed by atoms with Crippen molar-refractivity contribution in [2.45, 2.75) is 31.8 Å². The van der Waals surface area contributed by atoms with Gasteiger partial charge in [-0.1, -0.05) is 0 Å². The molecule has 0 atom stereocenters. The largest absolute Gasteiger partial charge is 0.395 e. The van der Waals surface area contributed by atoms with Gasteiger partial charge in [-0.15, -0.1) is 11.3 Å². The second-order valence-corrected chi connectivity index (χ2v) is 7.67. The number of carbonyl (C=O) groups is 1. The van der Waals surface area contributed by atoms with Gasteiger partial charge < -0.3 is 10.0 Å². The van der Waals surface area contributed by atoms with Gasteiger partial charge in [-0.05, 0) is 26.8 Å². The summed E-state index contributed by atoms with van der Waals surface area (Å²) in [6.45, 7) is 6.84. The Labute approximate surface area is 141 Å². The summed E-state index contributed by atoms with van der Waals surface area (Å²) >= 11 is 1.69. The van der Waals surface area contributed by atoms with E-state index in [1.54, 1.807) is 11.3 Å². The van der Waals surface area contributed by atoms with E-state index in [1.807, 2.05) is 11.8 Å². The van der Waals surface area contributed by atoms with Crippen molar-refractivity contribution in [3.05, 3.63) is 16.1 Å². The lowest BCUT2D eigenvalue weighted by atomic mass is 9.82. The van der Waals surface area contributed by atoms with Crippen LogP contribution in [0, 0.1) is 6.92 Å². The van der Waals surface area contributed by atoms with Gasteiger partial charge in [-0.2, -0.15) is 0 Å². The Morgan fingerprint density at radius 1 is 1.30 bits per heavy atom. The molecule has 2 fully saturated rings. The van der Waals surface area contributed by atoms with Gasteiger partial charge in [0.2, 0.25) is 5.91 Å². The second kappa shape index (κ2) is 6.84. The molecule has 3 heterocycles. The van der Waals surface area contributed by atoms with Crippen LogP contribution in [0.2, 0.25) is 0 Å². The summed E-state index contributed by atoms with van der Waals surface area (Å²) in [6, 6.07) is 0. The van der Waals surface area contributed by atoms with Gasteiger partial charge in [-0.25, -0.2) is 4.98 Å². The highest BCUT2D eigenvalue weighted by Crippen LogP contribution is 2.33. The van der Waals surface area contributed by atoms with Crippen molar-refractivity contribution in [3.63, 3.8) is 0 Å². The third-order valence-electron chi connectivity index (χ3n) is 5.23. The Morgan fingerprint density at radius 2 is 2.04 bits per heavy atom. The molecule has 2 aliphatic heterocycles. The molecule has 0 unspecified atom stereocenters. The predicted octanol–water partition coefficient (Wildman–Crippen LogP) is 0.552. The topological polar surface area (TPSA) is 59.9 Å². The molecule has 1 spiro atoms. The van der Waals surface area contributed by atoms with Crippen LogP contribution in [0.4, 0.5) is 0 Å². The number of aliphatic hydroxyl groups excluding tert-OH is 1. The fourth-order valence-electron chi connectivity index (χ4n) is 3.76. The van der Waals surface area contributed by atoms with Crippen LogP contribution in [0.15, 0.2) is 5.38 Å². The van der Waals surface area contributed by atoms with Crippen molar-refractivity contribution in [1.82, 2.24) is 19.7 Å². The maximum Gasteiger partial charge on any atom is 0.243 e. The molecular formula is C16H26N4O2S. The van der Waals surface area contributed by atoms with Crippen LogP contribution < -0.4 is 0 Å². The molecular weight excluding hydrogens is 312 g/mol. The molecule has 23 heavy (non-hydrogen) atoms. The first-order chi connectivity index (χ1) is 11.0. The van der Waals surface area contributed by atoms with Crippen molar-refractivity contribution in [1.29, 1.82) is 0 Å². The Morgan fingerprint density at radius 3 is 2.65 bits per heavy atom. The van der Waals surface area contributed by atoms with Gasteiger partial charge in [0, 0.05) is 44.6 Å². The lowest BCUT2D eigenvalue weighted by molar-refractivity contribution is -0.154. The summed E-state index contributed by atoms with van der Waals surface area (Å²) in [7, 11) is 2.06. The lowest BCUT2D eigenvalue weighted by Crippen LogP contribution is -2.67. The lowest BCUT2D eigenvalue weighted by Gasteiger charge is -2.51.